The standard InChI is InChI=1S/C22H21N5O8/c1-11-6-18(29)34-15-7-13(2-3-14(11)15)33-10-12-8-26(25-24-12)9-16-19(30)20(31)21(35-16)27-5-4-17(28)23-22(27)32/h2-8,16,19-21,30-31H,9-10H2,1H3,(H,23,28,32)/t16-,19-,20-,21-/m1/s1. The number of rotatable bonds is 6. The van der Waals surface area contributed by atoms with Crippen LogP contribution in [0.5, 0.6) is 5.75 Å². The van der Waals surface area contributed by atoms with Gasteiger partial charge >= 0.3 is 11.3 Å². The van der Waals surface area contributed by atoms with Gasteiger partial charge in [-0.15, -0.1) is 5.10 Å². The van der Waals surface area contributed by atoms with Crippen LogP contribution < -0.4 is 21.6 Å². The first-order valence-corrected chi connectivity index (χ1v) is 10.7. The summed E-state index contributed by atoms with van der Waals surface area (Å²) in [4.78, 5) is 37.0. The predicted molar refractivity (Wildman–Crippen MR) is 119 cm³/mol. The van der Waals surface area contributed by atoms with Crippen LogP contribution in [0.25, 0.3) is 11.0 Å². The summed E-state index contributed by atoms with van der Waals surface area (Å²) >= 11 is 0. The molecule has 1 aromatic carbocycles. The summed E-state index contributed by atoms with van der Waals surface area (Å²) in [6, 6.07) is 7.71. The fourth-order valence-corrected chi connectivity index (χ4v) is 3.97. The van der Waals surface area contributed by atoms with Crippen molar-refractivity contribution in [1.82, 2.24) is 24.5 Å². The summed E-state index contributed by atoms with van der Waals surface area (Å²) < 4.78 is 19.1. The molecule has 0 amide bonds. The van der Waals surface area contributed by atoms with Crippen LogP contribution in [0.3, 0.4) is 0 Å². The second kappa shape index (κ2) is 8.94. The molecular weight excluding hydrogens is 462 g/mol. The molecule has 1 aliphatic rings. The summed E-state index contributed by atoms with van der Waals surface area (Å²) in [5, 5.41) is 29.6. The maximum absolute atomic E-state index is 12.0. The van der Waals surface area contributed by atoms with Gasteiger partial charge in [-0.2, -0.15) is 0 Å². The molecule has 1 aliphatic heterocycles. The molecule has 3 aromatic heterocycles. The van der Waals surface area contributed by atoms with Crippen molar-refractivity contribution in [2.45, 2.75) is 44.6 Å². The van der Waals surface area contributed by atoms with E-state index in [2.05, 4.69) is 15.3 Å². The third-order valence-electron chi connectivity index (χ3n) is 5.73. The van der Waals surface area contributed by atoms with E-state index in [-0.39, 0.29) is 13.2 Å². The number of fused-ring (bicyclic) bond motifs is 1. The van der Waals surface area contributed by atoms with Crippen molar-refractivity contribution in [3.05, 3.63) is 85.2 Å². The van der Waals surface area contributed by atoms with Crippen molar-refractivity contribution >= 4 is 11.0 Å². The fourth-order valence-electron chi connectivity index (χ4n) is 3.97. The Balaban J connectivity index is 1.24. The summed E-state index contributed by atoms with van der Waals surface area (Å²) in [5.41, 5.74) is -0.0891. The molecule has 0 aliphatic carbocycles. The van der Waals surface area contributed by atoms with E-state index in [9.17, 15) is 24.6 Å². The first kappa shape index (κ1) is 22.7. The van der Waals surface area contributed by atoms with E-state index in [4.69, 9.17) is 13.9 Å². The highest BCUT2D eigenvalue weighted by Crippen LogP contribution is 2.29. The fraction of sp³-hybridized carbons (Fsp3) is 0.318. The topological polar surface area (TPSA) is 175 Å². The molecule has 35 heavy (non-hydrogen) atoms. The van der Waals surface area contributed by atoms with Gasteiger partial charge in [0.2, 0.25) is 0 Å². The van der Waals surface area contributed by atoms with Gasteiger partial charge in [0, 0.05) is 29.8 Å². The van der Waals surface area contributed by atoms with E-state index >= 15 is 0 Å². The smallest absolute Gasteiger partial charge is 0.336 e. The highest BCUT2D eigenvalue weighted by atomic mass is 16.6. The van der Waals surface area contributed by atoms with E-state index in [1.165, 1.54) is 16.9 Å². The molecule has 13 nitrogen and oxygen atoms in total. The Bertz CT molecular complexity index is 1550. The van der Waals surface area contributed by atoms with Crippen molar-refractivity contribution in [1.29, 1.82) is 0 Å². The lowest BCUT2D eigenvalue weighted by Gasteiger charge is -2.16. The Morgan fingerprint density at radius 3 is 2.77 bits per heavy atom. The number of aliphatic hydroxyl groups excluding tert-OH is 2. The van der Waals surface area contributed by atoms with Gasteiger partial charge in [0.15, 0.2) is 6.23 Å². The van der Waals surface area contributed by atoms with Gasteiger partial charge in [-0.3, -0.25) is 14.3 Å². The van der Waals surface area contributed by atoms with Gasteiger partial charge in [0.05, 0.1) is 12.7 Å². The lowest BCUT2D eigenvalue weighted by molar-refractivity contribution is -0.0450. The number of benzene rings is 1. The van der Waals surface area contributed by atoms with E-state index in [1.807, 2.05) is 6.92 Å². The SMILES string of the molecule is Cc1cc(=O)oc2cc(OCc3cn(C[C@H]4O[C@@H](n5ccc(=O)[nH]c5=O)[C@H](O)[C@@H]4O)nn3)ccc12. The second-order valence-corrected chi connectivity index (χ2v) is 8.19. The zero-order valence-corrected chi connectivity index (χ0v) is 18.4. The highest BCUT2D eigenvalue weighted by Gasteiger charge is 2.44. The molecule has 0 unspecified atom stereocenters. The molecule has 4 aromatic rings. The Kier molecular flexibility index (Phi) is 5.80. The average molecular weight is 483 g/mol. The van der Waals surface area contributed by atoms with E-state index < -0.39 is 41.4 Å². The molecule has 182 valence electrons. The van der Waals surface area contributed by atoms with Crippen LogP contribution in [0.4, 0.5) is 0 Å². The number of hydrogen-bond acceptors (Lipinski definition) is 10. The number of nitrogens with zero attached hydrogens (tertiary/aromatic N) is 4. The maximum Gasteiger partial charge on any atom is 0.336 e. The molecule has 0 radical (unpaired) electrons. The molecule has 13 heteroatoms. The minimum Gasteiger partial charge on any atom is -0.487 e. The Morgan fingerprint density at radius 1 is 1.14 bits per heavy atom. The minimum atomic E-state index is -1.40. The van der Waals surface area contributed by atoms with E-state index in [0.717, 1.165) is 21.6 Å². The molecule has 0 spiro atoms. The Morgan fingerprint density at radius 2 is 1.97 bits per heavy atom. The summed E-state index contributed by atoms with van der Waals surface area (Å²) in [6.07, 6.45) is -2.00. The van der Waals surface area contributed by atoms with Crippen LogP contribution >= 0.6 is 0 Å². The molecule has 5 rings (SSSR count). The summed E-state index contributed by atoms with van der Waals surface area (Å²) in [7, 11) is 0. The molecule has 4 atom stereocenters. The van der Waals surface area contributed by atoms with Crippen molar-refractivity contribution in [3.8, 4) is 5.75 Å². The molecule has 1 fully saturated rings. The average Bonchev–Trinajstić information content (AvgIpc) is 3.37. The lowest BCUT2D eigenvalue weighted by atomic mass is 10.1. The van der Waals surface area contributed by atoms with Gasteiger partial charge in [0.1, 0.15) is 41.9 Å². The normalized spacial score (nSPS) is 22.0. The summed E-state index contributed by atoms with van der Waals surface area (Å²) in [5.74, 6) is 0.479. The third-order valence-corrected chi connectivity index (χ3v) is 5.73. The van der Waals surface area contributed by atoms with Gasteiger partial charge in [-0.25, -0.2) is 14.3 Å². The molecular formula is C22H21N5O8. The monoisotopic (exact) mass is 483 g/mol. The second-order valence-electron chi connectivity index (χ2n) is 8.19. The van der Waals surface area contributed by atoms with Gasteiger partial charge in [-0.1, -0.05) is 5.21 Å². The minimum absolute atomic E-state index is 0.0419. The van der Waals surface area contributed by atoms with Gasteiger partial charge in [-0.05, 0) is 24.6 Å². The number of nitrogens with one attached hydrogen (secondary N) is 1. The molecule has 3 N–H and O–H groups in total. The zero-order valence-electron chi connectivity index (χ0n) is 18.4. The number of aromatic nitrogens is 5. The number of H-pyrrole nitrogens is 1. The van der Waals surface area contributed by atoms with E-state index in [1.54, 1.807) is 24.4 Å². The predicted octanol–water partition coefficient (Wildman–Crippen LogP) is -0.559. The molecule has 1 saturated heterocycles. The van der Waals surface area contributed by atoms with Crippen molar-refractivity contribution in [2.24, 2.45) is 0 Å². The molecule has 0 bridgehead atoms. The number of aromatic amines is 1. The van der Waals surface area contributed by atoms with Crippen molar-refractivity contribution < 1.29 is 24.1 Å². The number of aliphatic hydroxyl groups is 2. The van der Waals surface area contributed by atoms with Gasteiger partial charge in [0.25, 0.3) is 5.56 Å². The first-order valence-electron chi connectivity index (χ1n) is 10.7. The van der Waals surface area contributed by atoms with Crippen LogP contribution in [-0.2, 0) is 17.9 Å². The number of hydrogen-bond donors (Lipinski definition) is 3. The van der Waals surface area contributed by atoms with Crippen molar-refractivity contribution in [2.75, 3.05) is 0 Å². The highest BCUT2D eigenvalue weighted by molar-refractivity contribution is 5.81. The van der Waals surface area contributed by atoms with Crippen LogP contribution in [0.1, 0.15) is 17.5 Å². The third kappa shape index (κ3) is 4.51. The van der Waals surface area contributed by atoms with Crippen LogP contribution in [-0.4, -0.2) is 53.1 Å². The molecule has 0 saturated carbocycles. The molecule has 4 heterocycles. The lowest BCUT2D eigenvalue weighted by Crippen LogP contribution is -2.37. The Labute approximate surface area is 195 Å². The quantitative estimate of drug-likeness (QED) is 0.302. The van der Waals surface area contributed by atoms with Crippen LogP contribution in [0.15, 0.2) is 61.5 Å². The van der Waals surface area contributed by atoms with Crippen molar-refractivity contribution in [3.63, 3.8) is 0 Å². The maximum atomic E-state index is 12.0. The van der Waals surface area contributed by atoms with Gasteiger partial charge < -0.3 is 24.1 Å². The van der Waals surface area contributed by atoms with Crippen LogP contribution in [0, 0.1) is 6.92 Å². The Hall–Kier alpha value is -4.07. The number of aryl methyl sites for hydroxylation is 1. The van der Waals surface area contributed by atoms with E-state index in [0.29, 0.717) is 17.0 Å². The van der Waals surface area contributed by atoms with Crippen LogP contribution in [0.2, 0.25) is 0 Å². The summed E-state index contributed by atoms with van der Waals surface area (Å²) in [6.45, 7) is 1.94. The largest absolute Gasteiger partial charge is 0.487 e. The number of ether oxygens (including phenoxy) is 2. The first-order chi connectivity index (χ1) is 16.8. The zero-order chi connectivity index (χ0) is 24.7.